The molecule has 0 aliphatic rings. The number of carbonyl (C=O) groups excluding carboxylic acids is 2. The van der Waals surface area contributed by atoms with Gasteiger partial charge in [-0.15, -0.1) is 0 Å². The number of rotatable bonds is 10. The largest absolute Gasteiger partial charge is 0.394 e. The first kappa shape index (κ1) is 21.0. The molecule has 0 aliphatic heterocycles. The Hall–Kier alpha value is -2.00. The van der Waals surface area contributed by atoms with Crippen LogP contribution in [-0.2, 0) is 4.79 Å². The highest BCUT2D eigenvalue weighted by Gasteiger charge is 2.32. The fraction of sp³-hybridized carbons (Fsp3) is 0.529. The summed E-state index contributed by atoms with van der Waals surface area (Å²) < 4.78 is 0. The average Bonchev–Trinajstić information content (AvgIpc) is 2.65. The summed E-state index contributed by atoms with van der Waals surface area (Å²) in [5.41, 5.74) is 1.24. The fourth-order valence-electron chi connectivity index (χ4n) is 2.40. The van der Waals surface area contributed by atoms with Gasteiger partial charge < -0.3 is 35.4 Å². The lowest BCUT2D eigenvalue weighted by Gasteiger charge is -2.26. The van der Waals surface area contributed by atoms with E-state index < -0.39 is 36.9 Å². The molecule has 5 N–H and O–H groups in total. The molecule has 25 heavy (non-hydrogen) atoms. The van der Waals surface area contributed by atoms with Crippen molar-refractivity contribution < 1.29 is 30.0 Å². The molecule has 8 nitrogen and oxygen atoms in total. The molecular weight excluding hydrogens is 328 g/mol. The van der Waals surface area contributed by atoms with E-state index in [1.807, 2.05) is 13.8 Å². The van der Waals surface area contributed by atoms with Gasteiger partial charge in [-0.3, -0.25) is 4.79 Å². The highest BCUT2D eigenvalue weighted by Crippen LogP contribution is 2.15. The molecule has 4 atom stereocenters. The van der Waals surface area contributed by atoms with Gasteiger partial charge in [-0.25, -0.2) is 0 Å². The maximum absolute atomic E-state index is 12.2. The van der Waals surface area contributed by atoms with Crippen LogP contribution < -0.4 is 10.2 Å². The summed E-state index contributed by atoms with van der Waals surface area (Å²) in [6.07, 6.45) is -4.88. The van der Waals surface area contributed by atoms with E-state index in [9.17, 15) is 24.9 Å². The van der Waals surface area contributed by atoms with Gasteiger partial charge >= 0.3 is 0 Å². The standard InChI is InChI=1S/C17H26N2O6/c1-3-19(4-2)12-7-5-11(6-8-12)17(25)18-13(9-20)15(23)16(24)14(22)10-21/h5-9,13-16,21-24H,3-4,10H2,1-2H3,(H,18,25)/t13-,14+,15+,16+/m0/s1. The first-order chi connectivity index (χ1) is 11.9. The fourth-order valence-corrected chi connectivity index (χ4v) is 2.40. The summed E-state index contributed by atoms with van der Waals surface area (Å²) in [6, 6.07) is 5.31. The molecule has 0 aromatic heterocycles. The molecule has 1 aromatic rings. The second-order valence-corrected chi connectivity index (χ2v) is 5.59. The average molecular weight is 354 g/mol. The Balaban J connectivity index is 2.80. The molecule has 0 spiro atoms. The van der Waals surface area contributed by atoms with Crippen molar-refractivity contribution in [3.8, 4) is 0 Å². The number of anilines is 1. The molecule has 0 saturated carbocycles. The number of hydrogen-bond donors (Lipinski definition) is 5. The molecule has 0 saturated heterocycles. The Labute approximate surface area is 146 Å². The van der Waals surface area contributed by atoms with E-state index in [1.165, 1.54) is 0 Å². The highest BCUT2D eigenvalue weighted by molar-refractivity contribution is 5.96. The molecular formula is C17H26N2O6. The van der Waals surface area contributed by atoms with E-state index in [-0.39, 0.29) is 11.8 Å². The molecule has 0 radical (unpaired) electrons. The third-order valence-corrected chi connectivity index (χ3v) is 4.00. The Morgan fingerprint density at radius 2 is 1.68 bits per heavy atom. The van der Waals surface area contributed by atoms with E-state index in [2.05, 4.69) is 10.2 Å². The van der Waals surface area contributed by atoms with Gasteiger partial charge in [0.05, 0.1) is 6.61 Å². The molecule has 1 amide bonds. The zero-order chi connectivity index (χ0) is 19.0. The molecule has 1 aromatic carbocycles. The minimum Gasteiger partial charge on any atom is -0.394 e. The first-order valence-corrected chi connectivity index (χ1v) is 8.15. The van der Waals surface area contributed by atoms with Crippen molar-refractivity contribution in [3.05, 3.63) is 29.8 Å². The number of aldehydes is 1. The van der Waals surface area contributed by atoms with Gasteiger partial charge in [0.2, 0.25) is 0 Å². The number of carbonyl (C=O) groups is 2. The van der Waals surface area contributed by atoms with Crippen molar-refractivity contribution in [1.29, 1.82) is 0 Å². The van der Waals surface area contributed by atoms with Crippen molar-refractivity contribution in [2.24, 2.45) is 0 Å². The number of amides is 1. The Morgan fingerprint density at radius 1 is 1.12 bits per heavy atom. The lowest BCUT2D eigenvalue weighted by atomic mass is 10.0. The van der Waals surface area contributed by atoms with E-state index in [4.69, 9.17) is 5.11 Å². The van der Waals surface area contributed by atoms with Crippen LogP contribution in [0.2, 0.25) is 0 Å². The summed E-state index contributed by atoms with van der Waals surface area (Å²) in [7, 11) is 0. The highest BCUT2D eigenvalue weighted by atomic mass is 16.4. The predicted octanol–water partition coefficient (Wildman–Crippen LogP) is -1.09. The Morgan fingerprint density at radius 3 is 2.12 bits per heavy atom. The van der Waals surface area contributed by atoms with Gasteiger partial charge in [0, 0.05) is 24.3 Å². The maximum Gasteiger partial charge on any atom is 0.251 e. The molecule has 140 valence electrons. The third-order valence-electron chi connectivity index (χ3n) is 4.00. The van der Waals surface area contributed by atoms with Gasteiger partial charge in [0.25, 0.3) is 5.91 Å². The van der Waals surface area contributed by atoms with Crippen LogP contribution in [0.4, 0.5) is 5.69 Å². The van der Waals surface area contributed by atoms with Crippen LogP contribution in [-0.4, -0.2) is 76.7 Å². The number of benzene rings is 1. The maximum atomic E-state index is 12.2. The smallest absolute Gasteiger partial charge is 0.251 e. The molecule has 0 heterocycles. The van der Waals surface area contributed by atoms with Crippen molar-refractivity contribution in [2.45, 2.75) is 38.2 Å². The summed E-state index contributed by atoms with van der Waals surface area (Å²) in [6.45, 7) is 4.90. The van der Waals surface area contributed by atoms with Crippen LogP contribution in [0.1, 0.15) is 24.2 Å². The summed E-state index contributed by atoms with van der Waals surface area (Å²) in [4.78, 5) is 25.4. The predicted molar refractivity (Wildman–Crippen MR) is 92.4 cm³/mol. The molecule has 0 fully saturated rings. The number of nitrogens with zero attached hydrogens (tertiary/aromatic N) is 1. The van der Waals surface area contributed by atoms with E-state index in [0.717, 1.165) is 18.8 Å². The molecule has 0 aliphatic carbocycles. The van der Waals surface area contributed by atoms with E-state index >= 15 is 0 Å². The van der Waals surface area contributed by atoms with Crippen molar-refractivity contribution in [2.75, 3.05) is 24.6 Å². The van der Waals surface area contributed by atoms with Crippen LogP contribution in [0.5, 0.6) is 0 Å². The normalized spacial score (nSPS) is 15.8. The number of nitrogens with one attached hydrogen (secondary N) is 1. The van der Waals surface area contributed by atoms with Crippen LogP contribution in [0.25, 0.3) is 0 Å². The Kier molecular flexibility index (Phi) is 8.50. The number of aliphatic hydroxyl groups excluding tert-OH is 4. The van der Waals surface area contributed by atoms with Crippen molar-refractivity contribution in [1.82, 2.24) is 5.32 Å². The van der Waals surface area contributed by atoms with Crippen LogP contribution in [0.15, 0.2) is 24.3 Å². The SMILES string of the molecule is CCN(CC)c1ccc(C(=O)N[C@@H](C=O)[C@@H](O)[C@H](O)[C@H](O)CO)cc1. The number of aliphatic hydroxyl groups is 4. The van der Waals surface area contributed by atoms with Gasteiger partial charge in [-0.2, -0.15) is 0 Å². The third kappa shape index (κ3) is 5.50. The number of hydrogen-bond acceptors (Lipinski definition) is 7. The lowest BCUT2D eigenvalue weighted by molar-refractivity contribution is -0.119. The molecule has 0 unspecified atom stereocenters. The zero-order valence-electron chi connectivity index (χ0n) is 14.4. The van der Waals surface area contributed by atoms with Gasteiger partial charge in [-0.1, -0.05) is 0 Å². The quantitative estimate of drug-likeness (QED) is 0.337. The van der Waals surface area contributed by atoms with E-state index in [0.29, 0.717) is 0 Å². The van der Waals surface area contributed by atoms with Crippen LogP contribution >= 0.6 is 0 Å². The minimum absolute atomic E-state index is 0.264. The van der Waals surface area contributed by atoms with E-state index in [1.54, 1.807) is 24.3 Å². The van der Waals surface area contributed by atoms with Crippen LogP contribution in [0.3, 0.4) is 0 Å². The van der Waals surface area contributed by atoms with Crippen molar-refractivity contribution in [3.63, 3.8) is 0 Å². The Bertz CT molecular complexity index is 547. The molecule has 0 bridgehead atoms. The first-order valence-electron chi connectivity index (χ1n) is 8.15. The molecule has 1 rings (SSSR count). The molecule has 8 heteroatoms. The lowest BCUT2D eigenvalue weighted by Crippen LogP contribution is -2.53. The summed E-state index contributed by atoms with van der Waals surface area (Å²) in [5.74, 6) is -0.604. The topological polar surface area (TPSA) is 130 Å². The van der Waals surface area contributed by atoms with Gasteiger partial charge in [0.1, 0.15) is 30.6 Å². The summed E-state index contributed by atoms with van der Waals surface area (Å²) >= 11 is 0. The van der Waals surface area contributed by atoms with Crippen LogP contribution in [0, 0.1) is 0 Å². The van der Waals surface area contributed by atoms with Gasteiger partial charge in [0.15, 0.2) is 0 Å². The second kappa shape index (κ2) is 10.1. The summed E-state index contributed by atoms with van der Waals surface area (Å²) in [5, 5.41) is 39.9. The van der Waals surface area contributed by atoms with Gasteiger partial charge in [-0.05, 0) is 38.1 Å². The second-order valence-electron chi connectivity index (χ2n) is 5.59. The minimum atomic E-state index is -1.77. The zero-order valence-corrected chi connectivity index (χ0v) is 14.4. The monoisotopic (exact) mass is 354 g/mol. The van der Waals surface area contributed by atoms with Crippen molar-refractivity contribution >= 4 is 17.9 Å².